The van der Waals surface area contributed by atoms with Crippen molar-refractivity contribution in [2.75, 3.05) is 23.0 Å². The number of aromatic carboxylic acids is 1. The number of hydrogen-bond acceptors (Lipinski definition) is 5. The highest BCUT2D eigenvalue weighted by Gasteiger charge is 2.08. The van der Waals surface area contributed by atoms with E-state index in [9.17, 15) is 14.4 Å². The van der Waals surface area contributed by atoms with Crippen LogP contribution in [0.1, 0.15) is 10.4 Å². The molecule has 3 aromatic carbocycles. The van der Waals surface area contributed by atoms with Gasteiger partial charge in [-0.2, -0.15) is 0 Å². The molecule has 0 bridgehead atoms. The van der Waals surface area contributed by atoms with Crippen molar-refractivity contribution in [2.45, 2.75) is 4.90 Å². The summed E-state index contributed by atoms with van der Waals surface area (Å²) in [5.74, 6) is -0.787. The van der Waals surface area contributed by atoms with Gasteiger partial charge < -0.3 is 20.5 Å². The van der Waals surface area contributed by atoms with E-state index in [1.165, 1.54) is 23.9 Å². The van der Waals surface area contributed by atoms with Gasteiger partial charge in [0.25, 0.3) is 5.91 Å². The Balaban J connectivity index is 1.43. The highest BCUT2D eigenvalue weighted by atomic mass is 32.2. The molecule has 3 aromatic rings. The average Bonchev–Trinajstić information content (AvgIpc) is 2.78. The van der Waals surface area contributed by atoms with Crippen LogP contribution in [0.15, 0.2) is 83.8 Å². The smallest absolute Gasteiger partial charge is 0.335 e. The predicted molar refractivity (Wildman–Crippen MR) is 120 cm³/mol. The van der Waals surface area contributed by atoms with E-state index in [4.69, 9.17) is 9.84 Å². The van der Waals surface area contributed by atoms with Gasteiger partial charge in [-0.15, -0.1) is 11.8 Å². The maximum atomic E-state index is 12.1. The van der Waals surface area contributed by atoms with Gasteiger partial charge in [0.15, 0.2) is 6.61 Å². The van der Waals surface area contributed by atoms with Gasteiger partial charge in [0, 0.05) is 16.3 Å². The number of benzene rings is 3. The summed E-state index contributed by atoms with van der Waals surface area (Å²) in [7, 11) is 0. The molecule has 0 aromatic heterocycles. The van der Waals surface area contributed by atoms with Crippen LogP contribution in [-0.4, -0.2) is 35.2 Å². The van der Waals surface area contributed by atoms with Crippen LogP contribution in [0.4, 0.5) is 11.4 Å². The Hall–Kier alpha value is -3.78. The first-order valence-corrected chi connectivity index (χ1v) is 10.3. The lowest BCUT2D eigenvalue weighted by molar-refractivity contribution is -0.118. The lowest BCUT2D eigenvalue weighted by Gasteiger charge is -2.08. The molecule has 8 heteroatoms. The molecule has 7 nitrogen and oxygen atoms in total. The quantitative estimate of drug-likeness (QED) is 0.436. The van der Waals surface area contributed by atoms with Crippen LogP contribution in [0.3, 0.4) is 0 Å². The van der Waals surface area contributed by atoms with Gasteiger partial charge in [0.1, 0.15) is 5.75 Å². The van der Waals surface area contributed by atoms with Gasteiger partial charge in [0.2, 0.25) is 5.91 Å². The van der Waals surface area contributed by atoms with Crippen molar-refractivity contribution in [2.24, 2.45) is 0 Å². The summed E-state index contributed by atoms with van der Waals surface area (Å²) in [6.45, 7) is -0.0935. The van der Waals surface area contributed by atoms with Gasteiger partial charge in [0.05, 0.1) is 11.3 Å². The molecule has 0 spiro atoms. The third kappa shape index (κ3) is 7.20. The zero-order valence-electron chi connectivity index (χ0n) is 16.4. The topological polar surface area (TPSA) is 105 Å². The monoisotopic (exact) mass is 436 g/mol. The summed E-state index contributed by atoms with van der Waals surface area (Å²) in [6, 6.07) is 22.3. The molecular weight excluding hydrogens is 416 g/mol. The molecule has 0 heterocycles. The number of carboxylic acids is 1. The van der Waals surface area contributed by atoms with Crippen molar-refractivity contribution < 1.29 is 24.2 Å². The van der Waals surface area contributed by atoms with Crippen LogP contribution < -0.4 is 15.4 Å². The number of carbonyl (C=O) groups excluding carboxylic acids is 2. The molecule has 0 radical (unpaired) electrons. The molecule has 0 fully saturated rings. The van der Waals surface area contributed by atoms with Crippen molar-refractivity contribution in [3.05, 3.63) is 84.4 Å². The fourth-order valence-electron chi connectivity index (χ4n) is 2.57. The van der Waals surface area contributed by atoms with E-state index < -0.39 is 5.97 Å². The van der Waals surface area contributed by atoms with Crippen molar-refractivity contribution in [1.29, 1.82) is 0 Å². The number of carboxylic acid groups (broad SMARTS) is 1. The summed E-state index contributed by atoms with van der Waals surface area (Å²) in [4.78, 5) is 36.0. The number of thioether (sulfide) groups is 1. The maximum absolute atomic E-state index is 12.1. The summed E-state index contributed by atoms with van der Waals surface area (Å²) in [5, 5.41) is 14.4. The van der Waals surface area contributed by atoms with E-state index in [1.54, 1.807) is 48.5 Å². The van der Waals surface area contributed by atoms with Crippen molar-refractivity contribution in [3.63, 3.8) is 0 Å². The van der Waals surface area contributed by atoms with Crippen LogP contribution in [0.2, 0.25) is 0 Å². The molecule has 31 heavy (non-hydrogen) atoms. The first-order chi connectivity index (χ1) is 15.0. The van der Waals surface area contributed by atoms with Gasteiger partial charge >= 0.3 is 5.97 Å². The second-order valence-electron chi connectivity index (χ2n) is 6.40. The fourth-order valence-corrected chi connectivity index (χ4v) is 3.27. The van der Waals surface area contributed by atoms with Gasteiger partial charge in [-0.1, -0.05) is 24.3 Å². The van der Waals surface area contributed by atoms with Crippen LogP contribution in [0.25, 0.3) is 0 Å². The van der Waals surface area contributed by atoms with Crippen molar-refractivity contribution in [1.82, 2.24) is 0 Å². The SMILES string of the molecule is O=C(COc1ccccc1)Nc1ccc(SCC(=O)Nc2cccc(C(=O)O)c2)cc1. The number of hydrogen-bond donors (Lipinski definition) is 3. The summed E-state index contributed by atoms with van der Waals surface area (Å²) in [5.41, 5.74) is 1.17. The minimum absolute atomic E-state index is 0.0935. The van der Waals surface area contributed by atoms with Gasteiger partial charge in [-0.3, -0.25) is 9.59 Å². The number of amides is 2. The molecule has 3 rings (SSSR count). The fraction of sp³-hybridized carbons (Fsp3) is 0.0870. The molecule has 0 atom stereocenters. The Labute approximate surface area is 183 Å². The predicted octanol–water partition coefficient (Wildman–Crippen LogP) is 4.13. The largest absolute Gasteiger partial charge is 0.484 e. The van der Waals surface area contributed by atoms with Gasteiger partial charge in [-0.05, 0) is 54.6 Å². The molecule has 0 saturated carbocycles. The lowest BCUT2D eigenvalue weighted by atomic mass is 10.2. The molecular formula is C23H20N2O5S. The van der Waals surface area contributed by atoms with E-state index in [-0.39, 0.29) is 29.7 Å². The van der Waals surface area contributed by atoms with Crippen molar-refractivity contribution >= 4 is 40.9 Å². The number of rotatable bonds is 9. The summed E-state index contributed by atoms with van der Waals surface area (Å²) in [6.07, 6.45) is 0. The molecule has 0 saturated heterocycles. The number of anilines is 2. The second-order valence-corrected chi connectivity index (χ2v) is 7.45. The Bertz CT molecular complexity index is 1060. The van der Waals surface area contributed by atoms with Crippen LogP contribution in [0, 0.1) is 0 Å². The summed E-state index contributed by atoms with van der Waals surface area (Å²) < 4.78 is 5.40. The third-order valence-electron chi connectivity index (χ3n) is 4.01. The number of para-hydroxylation sites is 1. The molecule has 0 aliphatic heterocycles. The standard InChI is InChI=1S/C23H20N2O5S/c26-21(14-30-19-7-2-1-3-8-19)24-17-9-11-20(12-10-17)31-15-22(27)25-18-6-4-5-16(13-18)23(28)29/h1-13H,14-15H2,(H,24,26)(H,25,27)(H,28,29). The molecule has 158 valence electrons. The Morgan fingerprint density at radius 3 is 2.23 bits per heavy atom. The zero-order valence-corrected chi connectivity index (χ0v) is 17.2. The normalized spacial score (nSPS) is 10.2. The summed E-state index contributed by atoms with van der Waals surface area (Å²) >= 11 is 1.33. The van der Waals surface area contributed by atoms with Crippen LogP contribution in [0.5, 0.6) is 5.75 Å². The molecule has 0 aliphatic rings. The molecule has 2 amide bonds. The Kier molecular flexibility index (Phi) is 7.67. The third-order valence-corrected chi connectivity index (χ3v) is 5.03. The first-order valence-electron chi connectivity index (χ1n) is 9.33. The number of nitrogens with one attached hydrogen (secondary N) is 2. The lowest BCUT2D eigenvalue weighted by Crippen LogP contribution is -2.20. The van der Waals surface area contributed by atoms with E-state index in [1.807, 2.05) is 18.2 Å². The Morgan fingerprint density at radius 2 is 1.52 bits per heavy atom. The van der Waals surface area contributed by atoms with E-state index >= 15 is 0 Å². The highest BCUT2D eigenvalue weighted by molar-refractivity contribution is 8.00. The van der Waals surface area contributed by atoms with E-state index in [0.717, 1.165) is 4.90 Å². The van der Waals surface area contributed by atoms with E-state index in [2.05, 4.69) is 10.6 Å². The number of carbonyl (C=O) groups is 3. The number of ether oxygens (including phenoxy) is 1. The second kappa shape index (κ2) is 10.8. The highest BCUT2D eigenvalue weighted by Crippen LogP contribution is 2.21. The first kappa shape index (κ1) is 21.9. The molecule has 0 unspecified atom stereocenters. The average molecular weight is 436 g/mol. The van der Waals surface area contributed by atoms with Crippen LogP contribution in [-0.2, 0) is 9.59 Å². The Morgan fingerprint density at radius 1 is 0.806 bits per heavy atom. The minimum Gasteiger partial charge on any atom is -0.484 e. The molecule has 3 N–H and O–H groups in total. The maximum Gasteiger partial charge on any atom is 0.335 e. The van der Waals surface area contributed by atoms with Crippen molar-refractivity contribution in [3.8, 4) is 5.75 Å². The van der Waals surface area contributed by atoms with Crippen LogP contribution >= 0.6 is 11.8 Å². The molecule has 0 aliphatic carbocycles. The van der Waals surface area contributed by atoms with Gasteiger partial charge in [-0.25, -0.2) is 4.79 Å². The zero-order chi connectivity index (χ0) is 22.1. The van der Waals surface area contributed by atoms with E-state index in [0.29, 0.717) is 17.1 Å². The minimum atomic E-state index is -1.05.